The van der Waals surface area contributed by atoms with E-state index in [1.165, 1.54) is 6.20 Å². The van der Waals surface area contributed by atoms with Crippen molar-refractivity contribution in [2.24, 2.45) is 0 Å². The number of likely N-dealkylation sites (N-methyl/N-ethyl adjacent to an activating group) is 1. The van der Waals surface area contributed by atoms with Crippen LogP contribution in [0.3, 0.4) is 0 Å². The minimum absolute atomic E-state index is 0.136. The summed E-state index contributed by atoms with van der Waals surface area (Å²) < 4.78 is 0. The summed E-state index contributed by atoms with van der Waals surface area (Å²) >= 11 is 0. The number of nitrogens with zero attached hydrogens (tertiary/aromatic N) is 3. The molecule has 2 heterocycles. The van der Waals surface area contributed by atoms with Crippen molar-refractivity contribution in [1.29, 1.82) is 0 Å². The lowest BCUT2D eigenvalue weighted by molar-refractivity contribution is 0.0900. The second-order valence-electron chi connectivity index (χ2n) is 5.02. The van der Waals surface area contributed by atoms with Gasteiger partial charge in [-0.25, -0.2) is 9.97 Å². The molecule has 1 aliphatic rings. The van der Waals surface area contributed by atoms with Crippen molar-refractivity contribution in [3.05, 3.63) is 18.1 Å². The van der Waals surface area contributed by atoms with Gasteiger partial charge in [0.25, 0.3) is 5.91 Å². The van der Waals surface area contributed by atoms with Crippen LogP contribution in [0.2, 0.25) is 0 Å². The molecule has 1 saturated heterocycles. The molecule has 0 bridgehead atoms. The molecule has 0 spiro atoms. The Labute approximate surface area is 120 Å². The van der Waals surface area contributed by atoms with Crippen LogP contribution in [0.4, 0.5) is 5.82 Å². The highest BCUT2D eigenvalue weighted by molar-refractivity contribution is 5.92. The minimum Gasteiger partial charge on any atom is -0.369 e. The van der Waals surface area contributed by atoms with Crippen molar-refractivity contribution in [1.82, 2.24) is 20.2 Å². The van der Waals surface area contributed by atoms with E-state index in [0.29, 0.717) is 11.5 Å². The maximum absolute atomic E-state index is 12.1. The molecule has 1 aliphatic heterocycles. The smallest absolute Gasteiger partial charge is 0.271 e. The van der Waals surface area contributed by atoms with E-state index in [2.05, 4.69) is 32.4 Å². The summed E-state index contributed by atoms with van der Waals surface area (Å²) in [5.41, 5.74) is 0.375. The van der Waals surface area contributed by atoms with Crippen LogP contribution in [0.25, 0.3) is 0 Å². The van der Waals surface area contributed by atoms with Gasteiger partial charge < -0.3 is 15.5 Å². The number of nitrogens with one attached hydrogen (secondary N) is 2. The van der Waals surface area contributed by atoms with Crippen LogP contribution in [-0.4, -0.2) is 53.0 Å². The van der Waals surface area contributed by atoms with Crippen LogP contribution in [0, 0.1) is 0 Å². The van der Waals surface area contributed by atoms with Gasteiger partial charge in [0, 0.05) is 19.1 Å². The number of anilines is 1. The number of piperidine rings is 1. The largest absolute Gasteiger partial charge is 0.369 e. The molecule has 6 heteroatoms. The summed E-state index contributed by atoms with van der Waals surface area (Å²) in [5, 5.41) is 6.10. The Kier molecular flexibility index (Phi) is 5.29. The molecule has 1 atom stereocenters. The van der Waals surface area contributed by atoms with Crippen LogP contribution in [-0.2, 0) is 0 Å². The molecular weight excluding hydrogens is 254 g/mol. The summed E-state index contributed by atoms with van der Waals surface area (Å²) in [7, 11) is 0. The quantitative estimate of drug-likeness (QED) is 0.844. The third kappa shape index (κ3) is 3.90. The summed E-state index contributed by atoms with van der Waals surface area (Å²) in [6.07, 6.45) is 5.28. The van der Waals surface area contributed by atoms with Gasteiger partial charge in [0.2, 0.25) is 0 Å². The fourth-order valence-electron chi connectivity index (χ4n) is 2.44. The summed E-state index contributed by atoms with van der Waals surface area (Å²) in [5.74, 6) is 0.558. The van der Waals surface area contributed by atoms with Gasteiger partial charge in [0.1, 0.15) is 11.5 Å². The van der Waals surface area contributed by atoms with Gasteiger partial charge in [-0.2, -0.15) is 0 Å². The van der Waals surface area contributed by atoms with Gasteiger partial charge in [0.15, 0.2) is 0 Å². The van der Waals surface area contributed by atoms with Gasteiger partial charge in [-0.3, -0.25) is 4.79 Å². The van der Waals surface area contributed by atoms with E-state index in [4.69, 9.17) is 0 Å². The molecule has 0 aliphatic carbocycles. The van der Waals surface area contributed by atoms with Crippen LogP contribution < -0.4 is 10.6 Å². The predicted molar refractivity (Wildman–Crippen MR) is 78.8 cm³/mol. The van der Waals surface area contributed by atoms with Gasteiger partial charge in [0.05, 0.1) is 12.4 Å². The monoisotopic (exact) mass is 277 g/mol. The fourth-order valence-corrected chi connectivity index (χ4v) is 2.44. The molecule has 2 N–H and O–H groups in total. The number of carbonyl (C=O) groups excluding carboxylic acids is 1. The lowest BCUT2D eigenvalue weighted by Gasteiger charge is -2.32. The average Bonchev–Trinajstić information content (AvgIpc) is 2.48. The SMILES string of the molecule is CCNc1cnc(C(=O)NC2CCCN(CC)C2)cn1. The number of hydrogen-bond donors (Lipinski definition) is 2. The molecular formula is C14H23N5O. The highest BCUT2D eigenvalue weighted by atomic mass is 16.2. The van der Waals surface area contributed by atoms with E-state index in [9.17, 15) is 4.79 Å². The molecule has 1 aromatic heterocycles. The predicted octanol–water partition coefficient (Wildman–Crippen LogP) is 1.12. The van der Waals surface area contributed by atoms with Gasteiger partial charge in [-0.15, -0.1) is 0 Å². The molecule has 1 unspecified atom stereocenters. The van der Waals surface area contributed by atoms with Crippen LogP contribution in [0.1, 0.15) is 37.2 Å². The molecule has 1 fully saturated rings. The second-order valence-corrected chi connectivity index (χ2v) is 5.02. The summed E-state index contributed by atoms with van der Waals surface area (Å²) in [4.78, 5) is 22.8. The number of rotatable bonds is 5. The van der Waals surface area contributed by atoms with Gasteiger partial charge >= 0.3 is 0 Å². The average molecular weight is 277 g/mol. The van der Waals surface area contributed by atoms with E-state index < -0.39 is 0 Å². The summed E-state index contributed by atoms with van der Waals surface area (Å²) in [6.45, 7) is 8.00. The molecule has 0 radical (unpaired) electrons. The first-order valence-electron chi connectivity index (χ1n) is 7.32. The Hall–Kier alpha value is -1.69. The van der Waals surface area contributed by atoms with Crippen LogP contribution >= 0.6 is 0 Å². The van der Waals surface area contributed by atoms with Crippen LogP contribution in [0.15, 0.2) is 12.4 Å². The molecule has 110 valence electrons. The van der Waals surface area contributed by atoms with Crippen molar-refractivity contribution in [2.75, 3.05) is 31.5 Å². The first-order valence-corrected chi connectivity index (χ1v) is 7.32. The lowest BCUT2D eigenvalue weighted by atomic mass is 10.1. The van der Waals surface area contributed by atoms with Crippen molar-refractivity contribution in [3.8, 4) is 0 Å². The standard InChI is InChI=1S/C14H23N5O/c1-3-15-13-9-16-12(8-17-13)14(20)18-11-6-5-7-19(4-2)10-11/h8-9,11H,3-7,10H2,1-2H3,(H,15,17)(H,18,20). The summed E-state index contributed by atoms with van der Waals surface area (Å²) in [6, 6.07) is 0.214. The van der Waals surface area contributed by atoms with Crippen molar-refractivity contribution < 1.29 is 4.79 Å². The number of likely N-dealkylation sites (tertiary alicyclic amines) is 1. The Morgan fingerprint density at radius 3 is 2.90 bits per heavy atom. The number of amides is 1. The zero-order chi connectivity index (χ0) is 14.4. The Bertz CT molecular complexity index is 434. The lowest BCUT2D eigenvalue weighted by Crippen LogP contribution is -2.47. The second kappa shape index (κ2) is 7.19. The van der Waals surface area contributed by atoms with E-state index in [0.717, 1.165) is 39.0 Å². The Morgan fingerprint density at radius 2 is 2.25 bits per heavy atom. The third-order valence-electron chi connectivity index (χ3n) is 3.53. The molecule has 0 saturated carbocycles. The topological polar surface area (TPSA) is 70.2 Å². The zero-order valence-corrected chi connectivity index (χ0v) is 12.2. The molecule has 2 rings (SSSR count). The van der Waals surface area contributed by atoms with Gasteiger partial charge in [-0.1, -0.05) is 6.92 Å². The highest BCUT2D eigenvalue weighted by Gasteiger charge is 2.21. The molecule has 6 nitrogen and oxygen atoms in total. The van der Waals surface area contributed by atoms with E-state index in [1.54, 1.807) is 6.20 Å². The highest BCUT2D eigenvalue weighted by Crippen LogP contribution is 2.10. The van der Waals surface area contributed by atoms with Gasteiger partial charge in [-0.05, 0) is 32.9 Å². The normalized spacial score (nSPS) is 19.6. The molecule has 0 aromatic carbocycles. The maximum atomic E-state index is 12.1. The van der Waals surface area contributed by atoms with Crippen LogP contribution in [0.5, 0.6) is 0 Å². The van der Waals surface area contributed by atoms with Crippen molar-refractivity contribution in [3.63, 3.8) is 0 Å². The van der Waals surface area contributed by atoms with E-state index >= 15 is 0 Å². The molecule has 1 aromatic rings. The molecule has 1 amide bonds. The number of carbonyl (C=O) groups is 1. The van der Waals surface area contributed by atoms with Crippen molar-refractivity contribution in [2.45, 2.75) is 32.7 Å². The fraction of sp³-hybridized carbons (Fsp3) is 0.643. The number of aromatic nitrogens is 2. The van der Waals surface area contributed by atoms with E-state index in [-0.39, 0.29) is 11.9 Å². The first-order chi connectivity index (χ1) is 9.72. The maximum Gasteiger partial charge on any atom is 0.271 e. The first kappa shape index (κ1) is 14.7. The van der Waals surface area contributed by atoms with Crippen molar-refractivity contribution >= 4 is 11.7 Å². The zero-order valence-electron chi connectivity index (χ0n) is 12.2. The minimum atomic E-state index is -0.136. The molecule has 20 heavy (non-hydrogen) atoms. The number of hydrogen-bond acceptors (Lipinski definition) is 5. The Morgan fingerprint density at radius 1 is 1.40 bits per heavy atom. The van der Waals surface area contributed by atoms with E-state index in [1.807, 2.05) is 6.92 Å². The third-order valence-corrected chi connectivity index (χ3v) is 3.53. The Balaban J connectivity index is 1.90.